The molecule has 3 rings (SSSR count). The average Bonchev–Trinajstić information content (AvgIpc) is 2.98. The Morgan fingerprint density at radius 2 is 2.00 bits per heavy atom. The van der Waals surface area contributed by atoms with Crippen LogP contribution in [0.4, 0.5) is 0 Å². The summed E-state index contributed by atoms with van der Waals surface area (Å²) >= 11 is 7.65. The zero-order valence-corrected chi connectivity index (χ0v) is 11.2. The maximum atomic E-state index is 6.01. The molecule has 0 bridgehead atoms. The van der Waals surface area contributed by atoms with Gasteiger partial charge >= 0.3 is 0 Å². The van der Waals surface area contributed by atoms with Gasteiger partial charge in [-0.05, 0) is 41.2 Å². The Balaban J connectivity index is 2.15. The Hall–Kier alpha value is -1.65. The van der Waals surface area contributed by atoms with Crippen molar-refractivity contribution in [2.24, 2.45) is 7.05 Å². The largest absolute Gasteiger partial charge is 0.349 e. The summed E-state index contributed by atoms with van der Waals surface area (Å²) in [6.45, 7) is 0. The summed E-state index contributed by atoms with van der Waals surface area (Å²) in [6, 6.07) is 9.98. The van der Waals surface area contributed by atoms with Crippen molar-refractivity contribution in [3.63, 3.8) is 0 Å². The standard InChI is InChI=1S/C13H10ClN3S/c1-17-6-2-4-11(17)9-8-10(16-13(14)15-9)12-5-3-7-18-12/h2-8H,1H3. The third-order valence-corrected chi connectivity index (χ3v) is 3.74. The Kier molecular flexibility index (Phi) is 2.89. The fraction of sp³-hybridized carbons (Fsp3) is 0.0769. The Morgan fingerprint density at radius 3 is 2.67 bits per heavy atom. The maximum absolute atomic E-state index is 6.01. The molecule has 90 valence electrons. The van der Waals surface area contributed by atoms with E-state index in [1.807, 2.05) is 53.5 Å². The van der Waals surface area contributed by atoms with Gasteiger partial charge in [-0.1, -0.05) is 6.07 Å². The van der Waals surface area contributed by atoms with Gasteiger partial charge in [-0.25, -0.2) is 9.97 Å². The summed E-state index contributed by atoms with van der Waals surface area (Å²) in [6.07, 6.45) is 1.98. The first kappa shape index (κ1) is 11.4. The number of thiophene rings is 1. The van der Waals surface area contributed by atoms with E-state index >= 15 is 0 Å². The molecule has 0 unspecified atom stereocenters. The molecule has 5 heteroatoms. The van der Waals surface area contributed by atoms with Crippen molar-refractivity contribution >= 4 is 22.9 Å². The van der Waals surface area contributed by atoms with Crippen LogP contribution in [0.1, 0.15) is 0 Å². The van der Waals surface area contributed by atoms with Gasteiger partial charge in [0.15, 0.2) is 0 Å². The van der Waals surface area contributed by atoms with Crippen LogP contribution in [0.2, 0.25) is 5.28 Å². The average molecular weight is 276 g/mol. The topological polar surface area (TPSA) is 30.7 Å². The SMILES string of the molecule is Cn1cccc1-c1cc(-c2cccs2)nc(Cl)n1. The van der Waals surface area contributed by atoms with E-state index in [0.29, 0.717) is 0 Å². The highest BCUT2D eigenvalue weighted by Crippen LogP contribution is 2.27. The fourth-order valence-electron chi connectivity index (χ4n) is 1.83. The van der Waals surface area contributed by atoms with E-state index in [4.69, 9.17) is 11.6 Å². The van der Waals surface area contributed by atoms with Gasteiger partial charge in [0.1, 0.15) is 0 Å². The molecule has 0 aliphatic rings. The quantitative estimate of drug-likeness (QED) is 0.665. The first-order chi connectivity index (χ1) is 8.74. The Labute approximate surface area is 114 Å². The second kappa shape index (κ2) is 4.55. The van der Waals surface area contributed by atoms with Gasteiger partial charge in [0.25, 0.3) is 0 Å². The van der Waals surface area contributed by atoms with Crippen LogP contribution in [-0.2, 0) is 7.05 Å². The molecular formula is C13H10ClN3S. The molecule has 0 aliphatic carbocycles. The monoisotopic (exact) mass is 275 g/mol. The highest BCUT2D eigenvalue weighted by Gasteiger charge is 2.09. The molecule has 0 fully saturated rings. The molecule has 3 nitrogen and oxygen atoms in total. The van der Waals surface area contributed by atoms with Crippen LogP contribution in [0, 0.1) is 0 Å². The molecule has 0 N–H and O–H groups in total. The third kappa shape index (κ3) is 2.05. The van der Waals surface area contributed by atoms with Gasteiger partial charge in [-0.15, -0.1) is 11.3 Å². The Bertz CT molecular complexity index is 673. The highest BCUT2D eigenvalue weighted by atomic mass is 35.5. The van der Waals surface area contributed by atoms with Crippen molar-refractivity contribution in [1.29, 1.82) is 0 Å². The summed E-state index contributed by atoms with van der Waals surface area (Å²) in [5.74, 6) is 0. The van der Waals surface area contributed by atoms with Crippen LogP contribution >= 0.6 is 22.9 Å². The number of rotatable bonds is 2. The molecule has 0 atom stereocenters. The van der Waals surface area contributed by atoms with Crippen molar-refractivity contribution in [2.45, 2.75) is 0 Å². The molecule has 3 heterocycles. The number of hydrogen-bond acceptors (Lipinski definition) is 3. The third-order valence-electron chi connectivity index (χ3n) is 2.68. The van der Waals surface area contributed by atoms with Gasteiger partial charge in [-0.2, -0.15) is 0 Å². The lowest BCUT2D eigenvalue weighted by molar-refractivity contribution is 0.929. The number of halogens is 1. The van der Waals surface area contributed by atoms with Crippen molar-refractivity contribution in [2.75, 3.05) is 0 Å². The predicted molar refractivity (Wildman–Crippen MR) is 74.8 cm³/mol. The highest BCUT2D eigenvalue weighted by molar-refractivity contribution is 7.13. The molecule has 3 aromatic rings. The molecule has 0 aliphatic heterocycles. The normalized spacial score (nSPS) is 10.8. The number of hydrogen-bond donors (Lipinski definition) is 0. The van der Waals surface area contributed by atoms with Crippen molar-refractivity contribution < 1.29 is 0 Å². The molecular weight excluding hydrogens is 266 g/mol. The van der Waals surface area contributed by atoms with Crippen LogP contribution in [-0.4, -0.2) is 14.5 Å². The van der Waals surface area contributed by atoms with Gasteiger partial charge < -0.3 is 4.57 Å². The van der Waals surface area contributed by atoms with Crippen LogP contribution in [0.25, 0.3) is 22.0 Å². The van der Waals surface area contributed by atoms with E-state index in [9.17, 15) is 0 Å². The first-order valence-electron chi connectivity index (χ1n) is 5.44. The second-order valence-corrected chi connectivity index (χ2v) is 5.17. The molecule has 18 heavy (non-hydrogen) atoms. The summed E-state index contributed by atoms with van der Waals surface area (Å²) in [7, 11) is 1.98. The van der Waals surface area contributed by atoms with Crippen molar-refractivity contribution in [3.8, 4) is 22.0 Å². The Morgan fingerprint density at radius 1 is 1.17 bits per heavy atom. The van der Waals surface area contributed by atoms with Gasteiger partial charge in [-0.3, -0.25) is 0 Å². The zero-order valence-electron chi connectivity index (χ0n) is 9.67. The molecule has 0 saturated heterocycles. The van der Waals surface area contributed by atoms with E-state index in [2.05, 4.69) is 9.97 Å². The molecule has 0 aromatic carbocycles. The van der Waals surface area contributed by atoms with E-state index < -0.39 is 0 Å². The number of nitrogens with zero attached hydrogens (tertiary/aromatic N) is 3. The smallest absolute Gasteiger partial charge is 0.223 e. The van der Waals surface area contributed by atoms with E-state index in [1.165, 1.54) is 0 Å². The van der Waals surface area contributed by atoms with E-state index in [0.717, 1.165) is 22.0 Å². The van der Waals surface area contributed by atoms with Crippen molar-refractivity contribution in [3.05, 3.63) is 47.2 Å². The molecule has 0 amide bonds. The minimum Gasteiger partial charge on any atom is -0.349 e. The van der Waals surface area contributed by atoms with Crippen LogP contribution in [0.15, 0.2) is 41.9 Å². The molecule has 0 radical (unpaired) electrons. The summed E-state index contributed by atoms with van der Waals surface area (Å²) in [5.41, 5.74) is 2.73. The lowest BCUT2D eigenvalue weighted by Gasteiger charge is -2.05. The minimum absolute atomic E-state index is 0.275. The van der Waals surface area contributed by atoms with Gasteiger partial charge in [0.05, 0.1) is 22.0 Å². The van der Waals surface area contributed by atoms with Gasteiger partial charge in [0.2, 0.25) is 5.28 Å². The maximum Gasteiger partial charge on any atom is 0.223 e. The van der Waals surface area contributed by atoms with E-state index in [-0.39, 0.29) is 5.28 Å². The first-order valence-corrected chi connectivity index (χ1v) is 6.70. The van der Waals surface area contributed by atoms with Crippen LogP contribution in [0.3, 0.4) is 0 Å². The minimum atomic E-state index is 0.275. The van der Waals surface area contributed by atoms with Gasteiger partial charge in [0, 0.05) is 13.2 Å². The van der Waals surface area contributed by atoms with Crippen LogP contribution in [0.5, 0.6) is 0 Å². The van der Waals surface area contributed by atoms with E-state index in [1.54, 1.807) is 11.3 Å². The zero-order chi connectivity index (χ0) is 12.5. The predicted octanol–water partition coefficient (Wildman–Crippen LogP) is 3.86. The molecule has 3 aromatic heterocycles. The number of aromatic nitrogens is 3. The fourth-order valence-corrected chi connectivity index (χ4v) is 2.70. The molecule has 0 saturated carbocycles. The summed E-state index contributed by atoms with van der Waals surface area (Å²) < 4.78 is 2.01. The summed E-state index contributed by atoms with van der Waals surface area (Å²) in [5, 5.41) is 2.30. The van der Waals surface area contributed by atoms with Crippen molar-refractivity contribution in [1.82, 2.24) is 14.5 Å². The number of aryl methyl sites for hydroxylation is 1. The lowest BCUT2D eigenvalue weighted by Crippen LogP contribution is -1.95. The lowest BCUT2D eigenvalue weighted by atomic mass is 10.2. The summed E-state index contributed by atoms with van der Waals surface area (Å²) in [4.78, 5) is 9.65. The molecule has 0 spiro atoms. The van der Waals surface area contributed by atoms with Crippen LogP contribution < -0.4 is 0 Å². The second-order valence-electron chi connectivity index (χ2n) is 3.89.